The van der Waals surface area contributed by atoms with E-state index in [0.717, 1.165) is 17.1 Å². The second-order valence-electron chi connectivity index (χ2n) is 18.3. The van der Waals surface area contributed by atoms with Crippen LogP contribution < -0.4 is 4.90 Å². The Labute approximate surface area is 349 Å². The van der Waals surface area contributed by atoms with Crippen LogP contribution in [0.1, 0.15) is 52.7 Å². The highest BCUT2D eigenvalue weighted by molar-refractivity contribution is 6.13. The summed E-state index contributed by atoms with van der Waals surface area (Å²) in [4.78, 5) is 2.37. The van der Waals surface area contributed by atoms with Gasteiger partial charge in [-0.15, -0.1) is 0 Å². The Balaban J connectivity index is 1.07. The molecule has 0 radical (unpaired) electrons. The van der Waals surface area contributed by atoms with Crippen molar-refractivity contribution < 1.29 is 0 Å². The number of rotatable bonds is 6. The summed E-state index contributed by atoms with van der Waals surface area (Å²) in [6, 6.07) is 70.1. The van der Waals surface area contributed by atoms with Crippen molar-refractivity contribution >= 4 is 38.6 Å². The third-order valence-electron chi connectivity index (χ3n) is 12.3. The van der Waals surface area contributed by atoms with Gasteiger partial charge in [0, 0.05) is 17.1 Å². The van der Waals surface area contributed by atoms with Crippen LogP contribution in [0, 0.1) is 0 Å². The molecule has 0 bridgehead atoms. The molecule has 0 spiro atoms. The number of hydrogen-bond donors (Lipinski definition) is 0. The van der Waals surface area contributed by atoms with E-state index in [1.807, 2.05) is 0 Å². The maximum atomic E-state index is 2.42. The highest BCUT2D eigenvalue weighted by Crippen LogP contribution is 2.52. The zero-order chi connectivity index (χ0) is 40.5. The number of anilines is 3. The molecule has 1 heteroatoms. The molecule has 1 aliphatic rings. The van der Waals surface area contributed by atoms with Crippen LogP contribution in [-0.2, 0) is 10.8 Å². The van der Waals surface area contributed by atoms with Crippen molar-refractivity contribution in [3.05, 3.63) is 199 Å². The second kappa shape index (κ2) is 14.0. The van der Waals surface area contributed by atoms with Crippen LogP contribution in [-0.4, -0.2) is 0 Å². The first-order valence-corrected chi connectivity index (χ1v) is 20.9. The average molecular weight is 760 g/mol. The lowest BCUT2D eigenvalue weighted by Gasteiger charge is -2.28. The molecule has 286 valence electrons. The normalized spacial score (nSPS) is 12.2. The molecular weight excluding hydrogens is 711 g/mol. The molecule has 0 unspecified atom stereocenters. The molecule has 0 atom stereocenters. The molecule has 0 fully saturated rings. The number of para-hydroxylation sites is 1. The van der Waals surface area contributed by atoms with Gasteiger partial charge in [-0.25, -0.2) is 0 Å². The summed E-state index contributed by atoms with van der Waals surface area (Å²) in [6.45, 7) is 13.7. The van der Waals surface area contributed by atoms with Gasteiger partial charge in [-0.05, 0) is 172 Å². The van der Waals surface area contributed by atoms with Crippen LogP contribution in [0.25, 0.3) is 77.2 Å². The van der Waals surface area contributed by atoms with Gasteiger partial charge in [0.15, 0.2) is 0 Å². The number of nitrogens with zero attached hydrogens (tertiary/aromatic N) is 1. The van der Waals surface area contributed by atoms with E-state index in [9.17, 15) is 0 Å². The van der Waals surface area contributed by atoms with E-state index in [1.165, 1.54) is 88.3 Å². The SMILES string of the molecule is CC(C)(C)c1ccc(-c2cc3cc4c(cc3cc2-c2ccc(C(C)(C)C)cc2)-c2cc3cc(N(c5ccccc5)c5cccc(-c6ccccc6)c5)ccc3cc2-4)cc1. The van der Waals surface area contributed by atoms with Gasteiger partial charge in [-0.1, -0.05) is 157 Å². The summed E-state index contributed by atoms with van der Waals surface area (Å²) in [5.41, 5.74) is 19.0. The Morgan fingerprint density at radius 3 is 1.19 bits per heavy atom. The third-order valence-corrected chi connectivity index (χ3v) is 12.3. The molecular formula is C58H49N. The number of benzene rings is 9. The molecule has 1 nitrogen and oxygen atoms in total. The lowest BCUT2D eigenvalue weighted by molar-refractivity contribution is 0.590. The number of fused-ring (bicyclic) bond motifs is 6. The molecule has 9 aromatic carbocycles. The van der Waals surface area contributed by atoms with Crippen molar-refractivity contribution in [2.45, 2.75) is 52.4 Å². The van der Waals surface area contributed by atoms with E-state index in [1.54, 1.807) is 0 Å². The van der Waals surface area contributed by atoms with Crippen molar-refractivity contribution in [1.82, 2.24) is 0 Å². The Morgan fingerprint density at radius 1 is 0.271 bits per heavy atom. The van der Waals surface area contributed by atoms with Crippen molar-refractivity contribution in [1.29, 1.82) is 0 Å². The first kappa shape index (κ1) is 36.6. The fourth-order valence-corrected chi connectivity index (χ4v) is 8.86. The van der Waals surface area contributed by atoms with Gasteiger partial charge in [0.25, 0.3) is 0 Å². The zero-order valence-corrected chi connectivity index (χ0v) is 34.8. The van der Waals surface area contributed by atoms with Crippen LogP contribution in [0.5, 0.6) is 0 Å². The predicted molar refractivity (Wildman–Crippen MR) is 254 cm³/mol. The van der Waals surface area contributed by atoms with Gasteiger partial charge in [0.1, 0.15) is 0 Å². The maximum Gasteiger partial charge on any atom is 0.0468 e. The van der Waals surface area contributed by atoms with Crippen molar-refractivity contribution in [2.24, 2.45) is 0 Å². The molecule has 10 rings (SSSR count). The quantitative estimate of drug-likeness (QED) is 0.163. The smallest absolute Gasteiger partial charge is 0.0468 e. The summed E-state index contributed by atoms with van der Waals surface area (Å²) in [7, 11) is 0. The monoisotopic (exact) mass is 759 g/mol. The molecule has 0 aromatic heterocycles. The topological polar surface area (TPSA) is 3.24 Å². The molecule has 0 aliphatic heterocycles. The minimum absolute atomic E-state index is 0.0987. The van der Waals surface area contributed by atoms with Crippen LogP contribution >= 0.6 is 0 Å². The molecule has 59 heavy (non-hydrogen) atoms. The summed E-state index contributed by atoms with van der Waals surface area (Å²) >= 11 is 0. The molecule has 9 aromatic rings. The first-order valence-electron chi connectivity index (χ1n) is 20.9. The van der Waals surface area contributed by atoms with Crippen molar-refractivity contribution in [3.8, 4) is 55.6 Å². The largest absolute Gasteiger partial charge is 0.310 e. The molecule has 0 amide bonds. The summed E-state index contributed by atoms with van der Waals surface area (Å²) in [5, 5.41) is 5.02. The van der Waals surface area contributed by atoms with Crippen LogP contribution in [0.2, 0.25) is 0 Å². The van der Waals surface area contributed by atoms with Gasteiger partial charge in [0.2, 0.25) is 0 Å². The van der Waals surface area contributed by atoms with Gasteiger partial charge in [0.05, 0.1) is 0 Å². The highest BCUT2D eigenvalue weighted by Gasteiger charge is 2.25. The second-order valence-corrected chi connectivity index (χ2v) is 18.3. The van der Waals surface area contributed by atoms with E-state index < -0.39 is 0 Å². The Kier molecular flexibility index (Phi) is 8.69. The summed E-state index contributed by atoms with van der Waals surface area (Å²) in [6.07, 6.45) is 0. The van der Waals surface area contributed by atoms with E-state index in [4.69, 9.17) is 0 Å². The van der Waals surface area contributed by atoms with Gasteiger partial charge in [-0.3, -0.25) is 0 Å². The maximum absolute atomic E-state index is 2.42. The lowest BCUT2D eigenvalue weighted by atomic mass is 9.77. The van der Waals surface area contributed by atoms with Crippen molar-refractivity contribution in [2.75, 3.05) is 4.90 Å². The summed E-state index contributed by atoms with van der Waals surface area (Å²) < 4.78 is 0. The van der Waals surface area contributed by atoms with Crippen LogP contribution in [0.3, 0.4) is 0 Å². The fourth-order valence-electron chi connectivity index (χ4n) is 8.86. The minimum Gasteiger partial charge on any atom is -0.310 e. The molecule has 0 heterocycles. The minimum atomic E-state index is 0.0987. The zero-order valence-electron chi connectivity index (χ0n) is 34.8. The fraction of sp³-hybridized carbons (Fsp3) is 0.138. The van der Waals surface area contributed by atoms with E-state index >= 15 is 0 Å². The van der Waals surface area contributed by atoms with Crippen LogP contribution in [0.4, 0.5) is 17.1 Å². The Bertz CT molecular complexity index is 3010. The lowest BCUT2D eigenvalue weighted by Crippen LogP contribution is -2.10. The summed E-state index contributed by atoms with van der Waals surface area (Å²) in [5.74, 6) is 0. The third kappa shape index (κ3) is 6.71. The molecule has 0 N–H and O–H groups in total. The van der Waals surface area contributed by atoms with E-state index in [2.05, 4.69) is 234 Å². The number of hydrogen-bond acceptors (Lipinski definition) is 1. The van der Waals surface area contributed by atoms with Crippen molar-refractivity contribution in [3.63, 3.8) is 0 Å². The van der Waals surface area contributed by atoms with Gasteiger partial charge < -0.3 is 4.90 Å². The molecule has 0 saturated carbocycles. The first-order chi connectivity index (χ1) is 28.5. The van der Waals surface area contributed by atoms with Gasteiger partial charge >= 0.3 is 0 Å². The molecule has 1 aliphatic carbocycles. The van der Waals surface area contributed by atoms with Crippen LogP contribution in [0.15, 0.2) is 188 Å². The van der Waals surface area contributed by atoms with E-state index in [-0.39, 0.29) is 10.8 Å². The molecule has 0 saturated heterocycles. The highest BCUT2D eigenvalue weighted by atomic mass is 15.1. The predicted octanol–water partition coefficient (Wildman–Crippen LogP) is 16.7. The average Bonchev–Trinajstić information content (AvgIpc) is 3.25. The standard InChI is InChI=1S/C58H49N/c1-57(2,3)46-25-20-39(21-26-46)51-33-44-36-55-53-32-42-24-29-50(59(48-17-11-8-12-18-48)49-19-13-16-41(30-49)38-14-9-7-10-15-38)31-43(42)35-54(53)56(55)37-45(44)34-52(51)40-22-27-47(28-23-40)58(4,5)6/h7-37H,1-6H3. The Morgan fingerprint density at radius 2 is 0.678 bits per heavy atom. The van der Waals surface area contributed by atoms with E-state index in [0.29, 0.717) is 0 Å². The Hall–Kier alpha value is -6.70. The van der Waals surface area contributed by atoms with Gasteiger partial charge in [-0.2, -0.15) is 0 Å².